The molecule has 0 spiro atoms. The maximum absolute atomic E-state index is 12.1. The summed E-state index contributed by atoms with van der Waals surface area (Å²) in [6.07, 6.45) is 1.52. The molecule has 3 N–H and O–H groups in total. The lowest BCUT2D eigenvalue weighted by atomic mass is 10.2. The third kappa shape index (κ3) is 4.83. The fraction of sp³-hybridized carbons (Fsp3) is 0.231. The Hall–Kier alpha value is -1.38. The molecular formula is C13H14Br2N2O4. The second-order valence-electron chi connectivity index (χ2n) is 4.00. The molecule has 0 fully saturated rings. The van der Waals surface area contributed by atoms with Crippen LogP contribution in [0.2, 0.25) is 0 Å². The van der Waals surface area contributed by atoms with E-state index in [0.29, 0.717) is 8.95 Å². The number of carbonyl (C=O) groups is 2. The zero-order valence-corrected chi connectivity index (χ0v) is 14.1. The molecule has 21 heavy (non-hydrogen) atoms. The van der Waals surface area contributed by atoms with Gasteiger partial charge in [-0.1, -0.05) is 22.0 Å². The first-order valence-corrected chi connectivity index (χ1v) is 7.49. The largest absolute Gasteiger partial charge is 0.478 e. The number of aromatic carboxylic acids is 1. The van der Waals surface area contributed by atoms with Crippen molar-refractivity contribution in [2.24, 2.45) is 0 Å². The normalized spacial score (nSPS) is 10.0. The van der Waals surface area contributed by atoms with Crippen molar-refractivity contribution >= 4 is 49.5 Å². The molecule has 0 aliphatic rings. The molecule has 2 amide bonds. The van der Waals surface area contributed by atoms with Crippen molar-refractivity contribution < 1.29 is 19.8 Å². The van der Waals surface area contributed by atoms with Crippen LogP contribution < -0.4 is 5.32 Å². The molecule has 0 saturated carbocycles. The molecule has 0 atom stereocenters. The first-order valence-electron chi connectivity index (χ1n) is 5.90. The van der Waals surface area contributed by atoms with Gasteiger partial charge in [0.1, 0.15) is 0 Å². The highest BCUT2D eigenvalue weighted by molar-refractivity contribution is 9.11. The quantitative estimate of drug-likeness (QED) is 0.616. The second kappa shape index (κ2) is 8.16. The van der Waals surface area contributed by atoms with Gasteiger partial charge in [0.05, 0.1) is 17.9 Å². The standard InChI is InChI=1S/C13H14Br2N2O4/c1-2-3-17(4-5-18)13(21)16-11-9(12(19)20)6-8(14)7-10(11)15/h2,6-7,18H,1,3-5H2,(H,16,21)(H,19,20). The smallest absolute Gasteiger partial charge is 0.337 e. The summed E-state index contributed by atoms with van der Waals surface area (Å²) < 4.78 is 1.01. The van der Waals surface area contributed by atoms with Gasteiger partial charge < -0.3 is 20.4 Å². The van der Waals surface area contributed by atoms with E-state index in [0.717, 1.165) is 0 Å². The SMILES string of the molecule is C=CCN(CCO)C(=O)Nc1c(Br)cc(Br)cc1C(=O)O. The van der Waals surface area contributed by atoms with Crippen LogP contribution in [0.3, 0.4) is 0 Å². The molecule has 0 bridgehead atoms. The first kappa shape index (κ1) is 17.7. The van der Waals surface area contributed by atoms with E-state index in [9.17, 15) is 14.7 Å². The summed E-state index contributed by atoms with van der Waals surface area (Å²) in [6.45, 7) is 3.69. The van der Waals surface area contributed by atoms with Crippen LogP contribution in [0.25, 0.3) is 0 Å². The molecular weight excluding hydrogens is 408 g/mol. The predicted octanol–water partition coefficient (Wildman–Crippen LogP) is 2.92. The van der Waals surface area contributed by atoms with E-state index in [-0.39, 0.29) is 30.9 Å². The lowest BCUT2D eigenvalue weighted by Gasteiger charge is -2.21. The monoisotopic (exact) mass is 420 g/mol. The van der Waals surface area contributed by atoms with E-state index in [4.69, 9.17) is 5.11 Å². The Labute approximate surface area is 138 Å². The van der Waals surface area contributed by atoms with Gasteiger partial charge in [-0.05, 0) is 28.1 Å². The third-order valence-electron chi connectivity index (χ3n) is 2.52. The zero-order chi connectivity index (χ0) is 16.0. The summed E-state index contributed by atoms with van der Waals surface area (Å²) in [7, 11) is 0. The third-order valence-corrected chi connectivity index (χ3v) is 3.61. The van der Waals surface area contributed by atoms with Crippen molar-refractivity contribution in [1.29, 1.82) is 0 Å². The molecule has 0 aliphatic carbocycles. The summed E-state index contributed by atoms with van der Waals surface area (Å²) in [5.41, 5.74) is 0.106. The number of rotatable bonds is 6. The van der Waals surface area contributed by atoms with Gasteiger partial charge in [-0.15, -0.1) is 6.58 Å². The fourth-order valence-electron chi connectivity index (χ4n) is 1.61. The minimum Gasteiger partial charge on any atom is -0.478 e. The maximum atomic E-state index is 12.1. The van der Waals surface area contributed by atoms with Crippen molar-refractivity contribution in [2.75, 3.05) is 25.0 Å². The highest BCUT2D eigenvalue weighted by atomic mass is 79.9. The van der Waals surface area contributed by atoms with E-state index >= 15 is 0 Å². The number of halogens is 2. The summed E-state index contributed by atoms with van der Waals surface area (Å²) in [4.78, 5) is 24.7. The Morgan fingerprint density at radius 2 is 2.05 bits per heavy atom. The van der Waals surface area contributed by atoms with E-state index in [1.807, 2.05) is 0 Å². The van der Waals surface area contributed by atoms with Gasteiger partial charge in [-0.25, -0.2) is 9.59 Å². The molecule has 1 rings (SSSR count). The highest BCUT2D eigenvalue weighted by Crippen LogP contribution is 2.31. The molecule has 0 unspecified atom stereocenters. The molecule has 0 aromatic heterocycles. The number of urea groups is 1. The van der Waals surface area contributed by atoms with Crippen molar-refractivity contribution in [1.82, 2.24) is 4.90 Å². The molecule has 1 aromatic carbocycles. The summed E-state index contributed by atoms with van der Waals surface area (Å²) in [6, 6.07) is 2.51. The molecule has 6 nitrogen and oxygen atoms in total. The van der Waals surface area contributed by atoms with Crippen molar-refractivity contribution in [2.45, 2.75) is 0 Å². The summed E-state index contributed by atoms with van der Waals surface area (Å²) >= 11 is 6.42. The van der Waals surface area contributed by atoms with Crippen LogP contribution in [0.4, 0.5) is 10.5 Å². The van der Waals surface area contributed by atoms with Gasteiger partial charge in [-0.2, -0.15) is 0 Å². The van der Waals surface area contributed by atoms with Gasteiger partial charge >= 0.3 is 12.0 Å². The van der Waals surface area contributed by atoms with E-state index < -0.39 is 12.0 Å². The molecule has 1 aromatic rings. The van der Waals surface area contributed by atoms with Crippen LogP contribution >= 0.6 is 31.9 Å². The molecule has 8 heteroatoms. The van der Waals surface area contributed by atoms with Crippen LogP contribution in [0.1, 0.15) is 10.4 Å². The number of aliphatic hydroxyl groups excluding tert-OH is 1. The van der Waals surface area contributed by atoms with Crippen LogP contribution in [-0.2, 0) is 0 Å². The maximum Gasteiger partial charge on any atom is 0.337 e. The van der Waals surface area contributed by atoms with E-state index in [1.54, 1.807) is 6.07 Å². The predicted molar refractivity (Wildman–Crippen MR) is 86.7 cm³/mol. The Balaban J connectivity index is 3.08. The van der Waals surface area contributed by atoms with Crippen molar-refractivity contribution in [3.8, 4) is 0 Å². The van der Waals surface area contributed by atoms with Crippen molar-refractivity contribution in [3.05, 3.63) is 39.3 Å². The molecule has 0 saturated heterocycles. The van der Waals surface area contributed by atoms with Crippen LogP contribution in [-0.4, -0.2) is 46.8 Å². The molecule has 0 aliphatic heterocycles. The number of carboxylic acid groups (broad SMARTS) is 1. The van der Waals surface area contributed by atoms with Gasteiger partial charge in [0.15, 0.2) is 0 Å². The van der Waals surface area contributed by atoms with Crippen LogP contribution in [0, 0.1) is 0 Å². The number of benzene rings is 1. The second-order valence-corrected chi connectivity index (χ2v) is 5.77. The van der Waals surface area contributed by atoms with Crippen LogP contribution in [0.5, 0.6) is 0 Å². The Morgan fingerprint density at radius 3 is 2.57 bits per heavy atom. The number of nitrogens with one attached hydrogen (secondary N) is 1. The lowest BCUT2D eigenvalue weighted by molar-refractivity contribution is 0.0698. The zero-order valence-electron chi connectivity index (χ0n) is 11.0. The van der Waals surface area contributed by atoms with E-state index in [1.165, 1.54) is 17.0 Å². The lowest BCUT2D eigenvalue weighted by Crippen LogP contribution is -2.37. The summed E-state index contributed by atoms with van der Waals surface area (Å²) in [5, 5.41) is 20.7. The number of hydrogen-bond acceptors (Lipinski definition) is 3. The Bertz CT molecular complexity index is 563. The number of carboxylic acids is 1. The molecule has 114 valence electrons. The number of carbonyl (C=O) groups excluding carboxylic acids is 1. The summed E-state index contributed by atoms with van der Waals surface area (Å²) in [5.74, 6) is -1.16. The van der Waals surface area contributed by atoms with Gasteiger partial charge in [0.2, 0.25) is 0 Å². The van der Waals surface area contributed by atoms with Crippen molar-refractivity contribution in [3.63, 3.8) is 0 Å². The number of aliphatic hydroxyl groups is 1. The Kier molecular flexibility index (Phi) is 6.86. The van der Waals surface area contributed by atoms with Gasteiger partial charge in [-0.3, -0.25) is 0 Å². The molecule has 0 radical (unpaired) electrons. The number of amides is 2. The van der Waals surface area contributed by atoms with Crippen LogP contribution in [0.15, 0.2) is 33.7 Å². The number of anilines is 1. The van der Waals surface area contributed by atoms with Gasteiger partial charge in [0, 0.05) is 22.0 Å². The highest BCUT2D eigenvalue weighted by Gasteiger charge is 2.19. The topological polar surface area (TPSA) is 89.9 Å². The minimum atomic E-state index is -1.16. The number of nitrogens with zero attached hydrogens (tertiary/aromatic N) is 1. The van der Waals surface area contributed by atoms with Gasteiger partial charge in [0.25, 0.3) is 0 Å². The Morgan fingerprint density at radius 1 is 1.38 bits per heavy atom. The average Bonchev–Trinajstić information content (AvgIpc) is 2.40. The molecule has 0 heterocycles. The first-order chi connectivity index (χ1) is 9.90. The van der Waals surface area contributed by atoms with E-state index in [2.05, 4.69) is 43.8 Å². The minimum absolute atomic E-state index is 0.0489. The average molecular weight is 422 g/mol. The fourth-order valence-corrected chi connectivity index (χ4v) is 2.93. The number of hydrogen-bond donors (Lipinski definition) is 3.